The van der Waals surface area contributed by atoms with Gasteiger partial charge in [-0.3, -0.25) is 9.59 Å². The second kappa shape index (κ2) is 5.68. The van der Waals surface area contributed by atoms with Gasteiger partial charge in [0, 0.05) is 22.7 Å². The molecule has 1 aromatic carbocycles. The number of aliphatic carboxylic acids is 1. The van der Waals surface area contributed by atoms with E-state index >= 15 is 0 Å². The summed E-state index contributed by atoms with van der Waals surface area (Å²) in [6.45, 7) is 1.78. The van der Waals surface area contributed by atoms with Crippen LogP contribution in [0.3, 0.4) is 0 Å². The summed E-state index contributed by atoms with van der Waals surface area (Å²) in [5.41, 5.74) is 0. The lowest BCUT2D eigenvalue weighted by molar-refractivity contribution is -0.141. The van der Waals surface area contributed by atoms with E-state index in [1.807, 2.05) is 0 Å². The van der Waals surface area contributed by atoms with Crippen molar-refractivity contribution in [2.45, 2.75) is 25.8 Å². The Bertz CT molecular complexity index is 738. The molecular formula is C16H16FNO3S. The van der Waals surface area contributed by atoms with Crippen molar-refractivity contribution in [3.8, 4) is 0 Å². The molecule has 0 aliphatic heterocycles. The highest BCUT2D eigenvalue weighted by atomic mass is 32.1. The lowest BCUT2D eigenvalue weighted by atomic mass is 10.1. The van der Waals surface area contributed by atoms with E-state index in [-0.39, 0.29) is 24.3 Å². The molecule has 4 nitrogen and oxygen atoms in total. The fourth-order valence-electron chi connectivity index (χ4n) is 2.43. The molecule has 1 heterocycles. The van der Waals surface area contributed by atoms with Crippen molar-refractivity contribution in [3.63, 3.8) is 0 Å². The summed E-state index contributed by atoms with van der Waals surface area (Å²) < 4.78 is 14.5. The van der Waals surface area contributed by atoms with Crippen LogP contribution in [0.25, 0.3) is 10.1 Å². The van der Waals surface area contributed by atoms with Gasteiger partial charge in [-0.2, -0.15) is 0 Å². The molecule has 1 aromatic heterocycles. The Morgan fingerprint density at radius 2 is 2.18 bits per heavy atom. The maximum atomic E-state index is 13.8. The number of halogens is 1. The Kier molecular flexibility index (Phi) is 3.87. The number of benzene rings is 1. The lowest BCUT2D eigenvalue weighted by Gasteiger charge is -2.23. The smallest absolute Gasteiger partial charge is 0.308 e. The second-order valence-corrected chi connectivity index (χ2v) is 6.77. The van der Waals surface area contributed by atoms with Crippen molar-refractivity contribution < 1.29 is 19.1 Å². The van der Waals surface area contributed by atoms with E-state index in [0.29, 0.717) is 10.3 Å². The van der Waals surface area contributed by atoms with Gasteiger partial charge in [0.15, 0.2) is 0 Å². The Labute approximate surface area is 131 Å². The molecule has 1 aliphatic rings. The van der Waals surface area contributed by atoms with E-state index in [1.54, 1.807) is 30.0 Å². The van der Waals surface area contributed by atoms with Crippen molar-refractivity contribution >= 4 is 33.3 Å². The quantitative estimate of drug-likeness (QED) is 0.918. The van der Waals surface area contributed by atoms with Gasteiger partial charge in [-0.1, -0.05) is 13.0 Å². The van der Waals surface area contributed by atoms with Crippen LogP contribution in [0, 0.1) is 11.7 Å². The first-order chi connectivity index (χ1) is 10.5. The standard InChI is InChI=1S/C16H16FNO3S/c1-9(16(20)21)8-18(10-5-6-10)15(19)14-7-11-12(17)3-2-4-13(11)22-14/h2-4,7,9-10H,5-6,8H2,1H3,(H,20,21)/t9-/m1/s1. The maximum absolute atomic E-state index is 13.8. The third-order valence-corrected chi connectivity index (χ3v) is 4.95. The number of fused-ring (bicyclic) bond motifs is 1. The van der Waals surface area contributed by atoms with E-state index in [2.05, 4.69) is 0 Å². The first-order valence-corrected chi connectivity index (χ1v) is 8.01. The number of carboxylic acid groups (broad SMARTS) is 1. The minimum Gasteiger partial charge on any atom is -0.481 e. The van der Waals surface area contributed by atoms with Crippen LogP contribution in [0.4, 0.5) is 4.39 Å². The maximum Gasteiger partial charge on any atom is 0.308 e. The summed E-state index contributed by atoms with van der Waals surface area (Å²) in [6, 6.07) is 6.45. The van der Waals surface area contributed by atoms with Crippen LogP contribution in [0.1, 0.15) is 29.4 Å². The minimum atomic E-state index is -0.916. The van der Waals surface area contributed by atoms with E-state index < -0.39 is 11.9 Å². The third-order valence-electron chi connectivity index (χ3n) is 3.86. The van der Waals surface area contributed by atoms with Crippen molar-refractivity contribution in [1.82, 2.24) is 4.90 Å². The van der Waals surface area contributed by atoms with Crippen LogP contribution in [-0.4, -0.2) is 34.5 Å². The molecule has 0 radical (unpaired) electrons. The zero-order valence-electron chi connectivity index (χ0n) is 12.1. The highest BCUT2D eigenvalue weighted by Gasteiger charge is 2.35. The molecule has 1 aliphatic carbocycles. The molecule has 6 heteroatoms. The molecule has 2 aromatic rings. The van der Waals surface area contributed by atoms with Crippen molar-refractivity contribution in [3.05, 3.63) is 35.0 Å². The first-order valence-electron chi connectivity index (χ1n) is 7.19. The molecule has 1 saturated carbocycles. The topological polar surface area (TPSA) is 57.6 Å². The fourth-order valence-corrected chi connectivity index (χ4v) is 3.46. The number of hydrogen-bond acceptors (Lipinski definition) is 3. The first kappa shape index (κ1) is 15.0. The number of nitrogens with zero attached hydrogens (tertiary/aromatic N) is 1. The number of thiophene rings is 1. The number of amides is 1. The Morgan fingerprint density at radius 1 is 1.45 bits per heavy atom. The summed E-state index contributed by atoms with van der Waals surface area (Å²) >= 11 is 1.25. The molecule has 0 saturated heterocycles. The number of carbonyl (C=O) groups is 2. The van der Waals surface area contributed by atoms with Gasteiger partial charge in [0.2, 0.25) is 0 Å². The monoisotopic (exact) mass is 321 g/mol. The molecule has 1 atom stereocenters. The largest absolute Gasteiger partial charge is 0.481 e. The van der Waals surface area contributed by atoms with Crippen LogP contribution in [0.5, 0.6) is 0 Å². The van der Waals surface area contributed by atoms with E-state index in [4.69, 9.17) is 5.11 Å². The van der Waals surface area contributed by atoms with Crippen molar-refractivity contribution in [2.24, 2.45) is 5.92 Å². The van der Waals surface area contributed by atoms with Gasteiger partial charge in [-0.25, -0.2) is 4.39 Å². The van der Waals surface area contributed by atoms with Gasteiger partial charge < -0.3 is 10.0 Å². The Balaban J connectivity index is 1.88. The molecular weight excluding hydrogens is 305 g/mol. The van der Waals surface area contributed by atoms with Gasteiger partial charge in [0.1, 0.15) is 5.82 Å². The molecule has 0 unspecified atom stereocenters. The molecule has 1 N–H and O–H groups in total. The van der Waals surface area contributed by atoms with Gasteiger partial charge in [0.25, 0.3) is 5.91 Å². The average molecular weight is 321 g/mol. The summed E-state index contributed by atoms with van der Waals surface area (Å²) in [4.78, 5) is 25.8. The van der Waals surface area contributed by atoms with E-state index in [1.165, 1.54) is 17.4 Å². The highest BCUT2D eigenvalue weighted by molar-refractivity contribution is 7.20. The summed E-state index contributed by atoms with van der Waals surface area (Å²) in [5.74, 6) is -2.07. The SMILES string of the molecule is C[C@H](CN(C(=O)c1cc2c(F)cccc2s1)C1CC1)C(=O)O. The fraction of sp³-hybridized carbons (Fsp3) is 0.375. The normalized spacial score (nSPS) is 15.7. The summed E-state index contributed by atoms with van der Waals surface area (Å²) in [7, 11) is 0. The Morgan fingerprint density at radius 3 is 2.77 bits per heavy atom. The average Bonchev–Trinajstić information content (AvgIpc) is 3.22. The molecule has 22 heavy (non-hydrogen) atoms. The van der Waals surface area contributed by atoms with Gasteiger partial charge in [0.05, 0.1) is 10.8 Å². The Hall–Kier alpha value is -1.95. The van der Waals surface area contributed by atoms with Crippen molar-refractivity contribution in [1.29, 1.82) is 0 Å². The summed E-state index contributed by atoms with van der Waals surface area (Å²) in [6.07, 6.45) is 1.80. The molecule has 1 amide bonds. The summed E-state index contributed by atoms with van der Waals surface area (Å²) in [5, 5.41) is 9.49. The van der Waals surface area contributed by atoms with Crippen LogP contribution in [0.2, 0.25) is 0 Å². The lowest BCUT2D eigenvalue weighted by Crippen LogP contribution is -2.38. The van der Waals surface area contributed by atoms with Crippen LogP contribution in [-0.2, 0) is 4.79 Å². The van der Waals surface area contributed by atoms with Gasteiger partial charge in [-0.05, 0) is 31.0 Å². The molecule has 0 spiro atoms. The molecule has 3 rings (SSSR count). The number of rotatable bonds is 5. The molecule has 1 fully saturated rings. The second-order valence-electron chi connectivity index (χ2n) is 5.69. The van der Waals surface area contributed by atoms with E-state index in [9.17, 15) is 14.0 Å². The van der Waals surface area contributed by atoms with E-state index in [0.717, 1.165) is 17.5 Å². The predicted octanol–water partition coefficient (Wildman–Crippen LogP) is 3.37. The zero-order chi connectivity index (χ0) is 15.9. The highest BCUT2D eigenvalue weighted by Crippen LogP contribution is 2.33. The number of carbonyl (C=O) groups excluding carboxylic acids is 1. The zero-order valence-corrected chi connectivity index (χ0v) is 12.9. The number of hydrogen-bond donors (Lipinski definition) is 1. The minimum absolute atomic E-state index is 0.115. The van der Waals surface area contributed by atoms with Crippen LogP contribution in [0.15, 0.2) is 24.3 Å². The predicted molar refractivity (Wildman–Crippen MR) is 82.6 cm³/mol. The van der Waals surface area contributed by atoms with Gasteiger partial charge in [-0.15, -0.1) is 11.3 Å². The van der Waals surface area contributed by atoms with Gasteiger partial charge >= 0.3 is 5.97 Å². The number of carboxylic acids is 1. The molecule has 0 bridgehead atoms. The van der Waals surface area contributed by atoms with Crippen LogP contribution < -0.4 is 0 Å². The van der Waals surface area contributed by atoms with Crippen molar-refractivity contribution in [2.75, 3.05) is 6.54 Å². The molecule has 116 valence electrons. The van der Waals surface area contributed by atoms with Crippen LogP contribution >= 0.6 is 11.3 Å². The third kappa shape index (κ3) is 2.83.